The fraction of sp³-hybridized carbons (Fsp3) is 0. The van der Waals surface area contributed by atoms with Crippen molar-refractivity contribution in [2.45, 2.75) is 0 Å². The summed E-state index contributed by atoms with van der Waals surface area (Å²) in [4.78, 5) is 0. The van der Waals surface area contributed by atoms with Crippen LogP contribution in [0.25, 0.3) is 0 Å². The zero-order valence-corrected chi connectivity index (χ0v) is 5.19. The second-order valence-corrected chi connectivity index (χ2v) is 0. The van der Waals surface area contributed by atoms with Gasteiger partial charge < -0.3 is 11.0 Å². The first-order chi connectivity index (χ1) is 0. The summed E-state index contributed by atoms with van der Waals surface area (Å²) in [5.41, 5.74) is 0. The van der Waals surface area contributed by atoms with Gasteiger partial charge in [0, 0.05) is 0 Å². The fourth-order valence-electron chi connectivity index (χ4n) is 0. The van der Waals surface area contributed by atoms with E-state index in [2.05, 4.69) is 0 Å². The van der Waals surface area contributed by atoms with Crippen LogP contribution in [0.3, 0.4) is 0 Å². The quantitative estimate of drug-likeness (QED) is 0.415. The maximum atomic E-state index is 0. The molecule has 2 nitrogen and oxygen atoms in total. The van der Waals surface area contributed by atoms with Crippen molar-refractivity contribution < 1.29 is 33.3 Å². The second kappa shape index (κ2) is 30.0. The summed E-state index contributed by atoms with van der Waals surface area (Å²) in [6.07, 6.45) is 0. The second-order valence-electron chi connectivity index (χ2n) is 0. The van der Waals surface area contributed by atoms with E-state index in [1.165, 1.54) is 0 Å². The van der Waals surface area contributed by atoms with Gasteiger partial charge in [-0.2, -0.15) is 0 Å². The normalized spacial score (nSPS) is 0. The van der Waals surface area contributed by atoms with Crippen LogP contribution in [0.1, 0.15) is 0 Å². The molecule has 0 saturated carbocycles. The van der Waals surface area contributed by atoms with Crippen LogP contribution in [0.5, 0.6) is 0 Å². The van der Waals surface area contributed by atoms with Crippen LogP contribution < -0.4 is 0 Å². The topological polar surface area (TPSA) is 57.0 Å². The van der Waals surface area contributed by atoms with E-state index in [-0.39, 0.29) is 50.7 Å². The number of hydrogen-bond donors (Lipinski definition) is 0. The van der Waals surface area contributed by atoms with Gasteiger partial charge in [0.1, 0.15) is 0 Å². The predicted molar refractivity (Wildman–Crippen MR) is 7.13 cm³/mol. The molecular formula is AlNbO2+4. The monoisotopic (exact) mass is 152 g/mol. The molecule has 0 aliphatic heterocycles. The Hall–Kier alpha value is 1.19. The molecule has 0 unspecified atom stereocenters. The van der Waals surface area contributed by atoms with E-state index in [4.69, 9.17) is 0 Å². The Balaban J connectivity index is 0. The zero-order valence-electron chi connectivity index (χ0n) is 1.84. The van der Waals surface area contributed by atoms with Crippen molar-refractivity contribution in [1.29, 1.82) is 0 Å². The van der Waals surface area contributed by atoms with E-state index < -0.39 is 0 Å². The molecule has 0 N–H and O–H groups in total. The van der Waals surface area contributed by atoms with Crippen molar-refractivity contribution in [3.63, 3.8) is 0 Å². The minimum Gasteiger partial charge on any atom is -2.00 e. The fourth-order valence-corrected chi connectivity index (χ4v) is 0. The SMILES string of the molecule is [Al+3].[Nb+5].[O-2].[O-2]. The van der Waals surface area contributed by atoms with E-state index in [9.17, 15) is 0 Å². The first-order valence-corrected chi connectivity index (χ1v) is 0. The Morgan fingerprint density at radius 2 is 0.750 bits per heavy atom. The molecule has 16 valence electrons. The standard InChI is InChI=1S/Al.Nb.2O/q+3;+5;2*-2. The molecule has 0 aromatic carbocycles. The first-order valence-electron chi connectivity index (χ1n) is 0. The van der Waals surface area contributed by atoms with Crippen molar-refractivity contribution in [2.75, 3.05) is 0 Å². The summed E-state index contributed by atoms with van der Waals surface area (Å²) in [6, 6.07) is 0. The van der Waals surface area contributed by atoms with Crippen LogP contribution in [0.2, 0.25) is 0 Å². The zero-order chi connectivity index (χ0) is 0. The third kappa shape index (κ3) is 10.8. The van der Waals surface area contributed by atoms with Crippen LogP contribution in [0.4, 0.5) is 0 Å². The number of hydrogen-bond acceptors (Lipinski definition) is 0. The van der Waals surface area contributed by atoms with Gasteiger partial charge in [-0.25, -0.2) is 0 Å². The average molecular weight is 152 g/mol. The molecule has 0 bridgehead atoms. The van der Waals surface area contributed by atoms with Crippen LogP contribution in [0, 0.1) is 0 Å². The third-order valence-corrected chi connectivity index (χ3v) is 0. The molecule has 0 spiro atoms. The van der Waals surface area contributed by atoms with Crippen molar-refractivity contribution in [1.82, 2.24) is 0 Å². The van der Waals surface area contributed by atoms with E-state index in [1.807, 2.05) is 0 Å². The maximum absolute atomic E-state index is 0. The molecule has 0 rings (SSSR count). The molecule has 4 heteroatoms. The van der Waals surface area contributed by atoms with Gasteiger partial charge in [-0.1, -0.05) is 0 Å². The van der Waals surface area contributed by atoms with Gasteiger partial charge in [0.2, 0.25) is 0 Å². The summed E-state index contributed by atoms with van der Waals surface area (Å²) in [7, 11) is 0. The first kappa shape index (κ1) is 64.2. The van der Waals surface area contributed by atoms with Gasteiger partial charge >= 0.3 is 39.7 Å². The molecule has 0 atom stereocenters. The molecule has 0 aliphatic rings. The van der Waals surface area contributed by atoms with Crippen molar-refractivity contribution >= 4 is 17.4 Å². The van der Waals surface area contributed by atoms with Gasteiger partial charge in [-0.05, 0) is 0 Å². The van der Waals surface area contributed by atoms with Gasteiger partial charge in [0.05, 0.1) is 0 Å². The average Bonchev–Trinajstić information content (AvgIpc) is 0. The predicted octanol–water partition coefficient (Wildman–Crippen LogP) is -0.621. The molecular weight excluding hydrogens is 152 g/mol. The summed E-state index contributed by atoms with van der Waals surface area (Å²) in [6.45, 7) is 0. The summed E-state index contributed by atoms with van der Waals surface area (Å²) in [5, 5.41) is 0. The van der Waals surface area contributed by atoms with Crippen molar-refractivity contribution in [3.8, 4) is 0 Å². The van der Waals surface area contributed by atoms with E-state index in [0.717, 1.165) is 0 Å². The molecule has 0 aromatic rings. The van der Waals surface area contributed by atoms with E-state index >= 15 is 0 Å². The molecule has 0 fully saturated rings. The van der Waals surface area contributed by atoms with Gasteiger partial charge in [-0.3, -0.25) is 0 Å². The van der Waals surface area contributed by atoms with Crippen LogP contribution in [-0.4, -0.2) is 17.4 Å². The summed E-state index contributed by atoms with van der Waals surface area (Å²) < 4.78 is 0. The largest absolute Gasteiger partial charge is 5.00 e. The molecule has 0 aliphatic carbocycles. The van der Waals surface area contributed by atoms with E-state index in [1.54, 1.807) is 0 Å². The van der Waals surface area contributed by atoms with Crippen molar-refractivity contribution in [2.24, 2.45) is 0 Å². The minimum absolute atomic E-state index is 0. The Bertz CT molecular complexity index is 6.00. The minimum atomic E-state index is 0. The van der Waals surface area contributed by atoms with Crippen LogP contribution in [-0.2, 0) is 33.3 Å². The summed E-state index contributed by atoms with van der Waals surface area (Å²) in [5.74, 6) is 0. The Kier molecular flexibility index (Phi) is 482. The molecule has 4 heavy (non-hydrogen) atoms. The number of rotatable bonds is 0. The Morgan fingerprint density at radius 3 is 0.750 bits per heavy atom. The Morgan fingerprint density at radius 1 is 0.750 bits per heavy atom. The Labute approximate surface area is 50.8 Å². The smallest absolute Gasteiger partial charge is 2.00 e. The van der Waals surface area contributed by atoms with Gasteiger partial charge in [0.25, 0.3) is 0 Å². The third-order valence-electron chi connectivity index (χ3n) is 0. The molecule has 0 radical (unpaired) electrons. The van der Waals surface area contributed by atoms with Crippen LogP contribution >= 0.6 is 0 Å². The molecule has 0 saturated heterocycles. The van der Waals surface area contributed by atoms with E-state index in [0.29, 0.717) is 0 Å². The molecule has 0 heterocycles. The van der Waals surface area contributed by atoms with Crippen LogP contribution in [0.15, 0.2) is 0 Å². The summed E-state index contributed by atoms with van der Waals surface area (Å²) >= 11 is 0. The maximum Gasteiger partial charge on any atom is 5.00 e. The van der Waals surface area contributed by atoms with Gasteiger partial charge in [-0.15, -0.1) is 0 Å². The van der Waals surface area contributed by atoms with Gasteiger partial charge in [0.15, 0.2) is 0 Å². The van der Waals surface area contributed by atoms with Crippen molar-refractivity contribution in [3.05, 3.63) is 0 Å². The molecule has 0 aromatic heterocycles. The molecule has 0 amide bonds.